The number of carbonyl (C=O) groups is 2. The fraction of sp³-hybridized carbons (Fsp3) is 0.355. The van der Waals surface area contributed by atoms with E-state index < -0.39 is 28.5 Å². The number of halogens is 2. The standard InChI is InChI=1S/C31H35Cl2N3O5S/c1-21-8-15-27(16-9-21)42(39,40)36(29-18-24(32)12-17-28(29)33)20-30(37)35(19-23-10-13-26(41-3)14-11-23)22(2)31(38)34-25-6-4-5-7-25/h8-18,22,25H,4-7,19-20H2,1-3H3,(H,34,38)/t22-/m1/s1. The zero-order chi connectivity index (χ0) is 30.4. The normalized spacial score (nSPS) is 14.3. The number of amides is 2. The molecule has 8 nitrogen and oxygen atoms in total. The zero-order valence-corrected chi connectivity index (χ0v) is 26.2. The van der Waals surface area contributed by atoms with E-state index in [0.717, 1.165) is 41.1 Å². The van der Waals surface area contributed by atoms with Gasteiger partial charge in [0.2, 0.25) is 11.8 Å². The van der Waals surface area contributed by atoms with Gasteiger partial charge in [-0.25, -0.2) is 8.42 Å². The summed E-state index contributed by atoms with van der Waals surface area (Å²) in [4.78, 5) is 28.8. The summed E-state index contributed by atoms with van der Waals surface area (Å²) in [6, 6.07) is 17.1. The van der Waals surface area contributed by atoms with Crippen LogP contribution in [0.1, 0.15) is 43.7 Å². The molecular formula is C31H35Cl2N3O5S. The minimum atomic E-state index is -4.26. The third-order valence-corrected chi connectivity index (χ3v) is 9.77. The Balaban J connectivity index is 1.71. The molecule has 2 amide bonds. The van der Waals surface area contributed by atoms with Crippen LogP contribution in [0.2, 0.25) is 10.0 Å². The largest absolute Gasteiger partial charge is 0.497 e. The van der Waals surface area contributed by atoms with Crippen molar-refractivity contribution in [3.05, 3.63) is 87.9 Å². The van der Waals surface area contributed by atoms with Crippen molar-refractivity contribution in [3.8, 4) is 5.75 Å². The van der Waals surface area contributed by atoms with Gasteiger partial charge in [0.05, 0.1) is 22.7 Å². The molecule has 3 aromatic rings. The van der Waals surface area contributed by atoms with Crippen LogP contribution >= 0.6 is 23.2 Å². The van der Waals surface area contributed by atoms with Crippen LogP contribution in [0.15, 0.2) is 71.6 Å². The molecule has 0 aliphatic heterocycles. The van der Waals surface area contributed by atoms with Gasteiger partial charge >= 0.3 is 0 Å². The Morgan fingerprint density at radius 1 is 1.00 bits per heavy atom. The number of benzene rings is 3. The summed E-state index contributed by atoms with van der Waals surface area (Å²) in [7, 11) is -2.70. The number of carbonyl (C=O) groups excluding carboxylic acids is 2. The Labute approximate surface area is 257 Å². The van der Waals surface area contributed by atoms with Crippen LogP contribution in [0.5, 0.6) is 5.75 Å². The maximum Gasteiger partial charge on any atom is 0.264 e. The van der Waals surface area contributed by atoms with Crippen molar-refractivity contribution in [3.63, 3.8) is 0 Å². The second kappa shape index (κ2) is 13.8. The molecule has 0 heterocycles. The Morgan fingerprint density at radius 3 is 2.26 bits per heavy atom. The topological polar surface area (TPSA) is 96.0 Å². The first kappa shape index (κ1) is 31.7. The fourth-order valence-electron chi connectivity index (χ4n) is 4.93. The quantitative estimate of drug-likeness (QED) is 0.281. The van der Waals surface area contributed by atoms with Gasteiger partial charge < -0.3 is 15.0 Å². The predicted octanol–water partition coefficient (Wildman–Crippen LogP) is 5.98. The molecule has 0 spiro atoms. The van der Waals surface area contributed by atoms with E-state index in [0.29, 0.717) is 5.75 Å². The van der Waals surface area contributed by atoms with E-state index in [9.17, 15) is 18.0 Å². The van der Waals surface area contributed by atoms with Crippen molar-refractivity contribution < 1.29 is 22.7 Å². The highest BCUT2D eigenvalue weighted by Gasteiger charge is 2.34. The summed E-state index contributed by atoms with van der Waals surface area (Å²) in [5, 5.41) is 3.42. The molecule has 0 saturated heterocycles. The lowest BCUT2D eigenvalue weighted by molar-refractivity contribution is -0.139. The first-order valence-electron chi connectivity index (χ1n) is 13.8. The SMILES string of the molecule is COc1ccc(CN(C(=O)CN(c2cc(Cl)ccc2Cl)S(=O)(=O)c2ccc(C)cc2)[C@H](C)C(=O)NC2CCCC2)cc1. The number of aryl methyl sites for hydroxylation is 1. The number of hydrogen-bond donors (Lipinski definition) is 1. The van der Waals surface area contributed by atoms with E-state index in [4.69, 9.17) is 27.9 Å². The van der Waals surface area contributed by atoms with Crippen LogP contribution < -0.4 is 14.4 Å². The van der Waals surface area contributed by atoms with Crippen LogP contribution in [-0.4, -0.2) is 50.9 Å². The molecule has 224 valence electrons. The molecule has 1 fully saturated rings. The van der Waals surface area contributed by atoms with Crippen molar-refractivity contribution >= 4 is 50.7 Å². The van der Waals surface area contributed by atoms with Crippen molar-refractivity contribution in [1.82, 2.24) is 10.2 Å². The number of hydrogen-bond acceptors (Lipinski definition) is 5. The number of ether oxygens (including phenoxy) is 1. The third kappa shape index (κ3) is 7.56. The van der Waals surface area contributed by atoms with E-state index in [-0.39, 0.29) is 39.1 Å². The molecule has 4 rings (SSSR count). The van der Waals surface area contributed by atoms with Crippen LogP contribution in [0.3, 0.4) is 0 Å². The lowest BCUT2D eigenvalue weighted by atomic mass is 10.1. The molecule has 0 bridgehead atoms. The van der Waals surface area contributed by atoms with Gasteiger partial charge in [0.25, 0.3) is 10.0 Å². The molecule has 0 radical (unpaired) electrons. The maximum atomic E-state index is 14.1. The molecule has 1 aliphatic carbocycles. The Kier molecular flexibility index (Phi) is 10.4. The number of anilines is 1. The van der Waals surface area contributed by atoms with Crippen molar-refractivity contribution in [1.29, 1.82) is 0 Å². The second-order valence-electron chi connectivity index (χ2n) is 10.5. The second-order valence-corrected chi connectivity index (χ2v) is 13.2. The summed E-state index contributed by atoms with van der Waals surface area (Å²) in [6.45, 7) is 2.97. The minimum Gasteiger partial charge on any atom is -0.497 e. The van der Waals surface area contributed by atoms with Gasteiger partial charge in [0, 0.05) is 17.6 Å². The van der Waals surface area contributed by atoms with Crippen molar-refractivity contribution in [2.45, 2.75) is 63.1 Å². The van der Waals surface area contributed by atoms with Crippen LogP contribution in [0.4, 0.5) is 5.69 Å². The van der Waals surface area contributed by atoms with Gasteiger partial charge in [-0.3, -0.25) is 13.9 Å². The maximum absolute atomic E-state index is 14.1. The molecule has 0 unspecified atom stereocenters. The summed E-state index contributed by atoms with van der Waals surface area (Å²) in [6.07, 6.45) is 3.86. The number of rotatable bonds is 11. The number of methoxy groups -OCH3 is 1. The van der Waals surface area contributed by atoms with Crippen LogP contribution in [-0.2, 0) is 26.2 Å². The highest BCUT2D eigenvalue weighted by atomic mass is 35.5. The molecule has 11 heteroatoms. The van der Waals surface area contributed by atoms with Gasteiger partial charge in [-0.05, 0) is 74.7 Å². The van der Waals surface area contributed by atoms with Crippen molar-refractivity contribution in [2.24, 2.45) is 0 Å². The Bertz CT molecular complexity index is 1510. The van der Waals surface area contributed by atoms with Gasteiger partial charge in [0.1, 0.15) is 18.3 Å². The van der Waals surface area contributed by atoms with Crippen LogP contribution in [0, 0.1) is 6.92 Å². The highest BCUT2D eigenvalue weighted by molar-refractivity contribution is 7.92. The molecule has 1 aliphatic rings. The average molecular weight is 633 g/mol. The lowest BCUT2D eigenvalue weighted by Gasteiger charge is -2.32. The summed E-state index contributed by atoms with van der Waals surface area (Å²) < 4.78 is 34.2. The van der Waals surface area contributed by atoms with Gasteiger partial charge in [-0.2, -0.15) is 0 Å². The monoisotopic (exact) mass is 631 g/mol. The van der Waals surface area contributed by atoms with Crippen molar-refractivity contribution in [2.75, 3.05) is 18.0 Å². The minimum absolute atomic E-state index is 0.00864. The molecule has 1 atom stereocenters. The number of sulfonamides is 1. The first-order valence-corrected chi connectivity index (χ1v) is 16.0. The Morgan fingerprint density at radius 2 is 1.64 bits per heavy atom. The van der Waals surface area contributed by atoms with E-state index in [2.05, 4.69) is 5.32 Å². The Hall–Kier alpha value is -3.27. The lowest BCUT2D eigenvalue weighted by Crippen LogP contribution is -2.52. The average Bonchev–Trinajstić information content (AvgIpc) is 3.49. The summed E-state index contributed by atoms with van der Waals surface area (Å²) >= 11 is 12.7. The molecule has 3 aromatic carbocycles. The number of nitrogens with zero attached hydrogens (tertiary/aromatic N) is 2. The number of nitrogens with one attached hydrogen (secondary N) is 1. The predicted molar refractivity (Wildman–Crippen MR) is 166 cm³/mol. The van der Waals surface area contributed by atoms with E-state index in [1.54, 1.807) is 50.4 Å². The molecular weight excluding hydrogens is 597 g/mol. The van der Waals surface area contributed by atoms with Gasteiger partial charge in [0.15, 0.2) is 0 Å². The van der Waals surface area contributed by atoms with Gasteiger partial charge in [-0.15, -0.1) is 0 Å². The first-order chi connectivity index (χ1) is 20.0. The highest BCUT2D eigenvalue weighted by Crippen LogP contribution is 2.33. The molecule has 1 N–H and O–H groups in total. The molecule has 0 aromatic heterocycles. The van der Waals surface area contributed by atoms with Crippen LogP contribution in [0.25, 0.3) is 0 Å². The summed E-state index contributed by atoms with van der Waals surface area (Å²) in [5.74, 6) is -0.223. The van der Waals surface area contributed by atoms with Gasteiger partial charge in [-0.1, -0.05) is 65.9 Å². The third-order valence-electron chi connectivity index (χ3n) is 7.45. The fourth-order valence-corrected chi connectivity index (χ4v) is 6.79. The molecule has 42 heavy (non-hydrogen) atoms. The van der Waals surface area contributed by atoms with E-state index in [1.165, 1.54) is 35.2 Å². The van der Waals surface area contributed by atoms with E-state index in [1.807, 2.05) is 6.92 Å². The molecule has 1 saturated carbocycles. The smallest absolute Gasteiger partial charge is 0.264 e. The van der Waals surface area contributed by atoms with E-state index >= 15 is 0 Å². The summed E-state index contributed by atoms with van der Waals surface area (Å²) in [5.41, 5.74) is 1.69. The zero-order valence-electron chi connectivity index (χ0n) is 23.8.